The van der Waals surface area contributed by atoms with Gasteiger partial charge in [-0.05, 0) is 30.7 Å². The maximum atomic E-state index is 12.2. The summed E-state index contributed by atoms with van der Waals surface area (Å²) >= 11 is 0. The lowest BCUT2D eigenvalue weighted by molar-refractivity contribution is -0.121. The molecule has 7 heteroatoms. The third-order valence-corrected chi connectivity index (χ3v) is 3.24. The number of carbonyl (C=O) groups excluding carboxylic acids is 3. The Balaban J connectivity index is 2.06. The van der Waals surface area contributed by atoms with Crippen molar-refractivity contribution < 1.29 is 19.1 Å². The lowest BCUT2D eigenvalue weighted by atomic mass is 10.2. The van der Waals surface area contributed by atoms with E-state index in [1.165, 1.54) is 0 Å². The van der Waals surface area contributed by atoms with E-state index in [1.807, 2.05) is 6.92 Å². The Bertz CT molecular complexity index is 571. The summed E-state index contributed by atoms with van der Waals surface area (Å²) in [5.41, 5.74) is 5.52. The summed E-state index contributed by atoms with van der Waals surface area (Å²) in [4.78, 5) is 36.1. The molecule has 0 aliphatic carbocycles. The minimum atomic E-state index is -0.712. The molecule has 1 atom stereocenters. The lowest BCUT2D eigenvalue weighted by Gasteiger charge is -2.16. The first-order valence-corrected chi connectivity index (χ1v) is 7.14. The molecular formula is C15H19N3O4. The molecule has 7 nitrogen and oxygen atoms in total. The first-order chi connectivity index (χ1) is 10.5. The van der Waals surface area contributed by atoms with Crippen LogP contribution in [-0.2, 0) is 14.4 Å². The molecule has 0 bridgehead atoms. The molecule has 3 N–H and O–H groups in total. The van der Waals surface area contributed by atoms with Gasteiger partial charge in [0.25, 0.3) is 5.91 Å². The van der Waals surface area contributed by atoms with Gasteiger partial charge in [-0.3, -0.25) is 19.7 Å². The Morgan fingerprint density at radius 3 is 2.64 bits per heavy atom. The Morgan fingerprint density at radius 2 is 2.05 bits per heavy atom. The predicted molar refractivity (Wildman–Crippen MR) is 80.3 cm³/mol. The van der Waals surface area contributed by atoms with Crippen molar-refractivity contribution in [2.75, 3.05) is 18.1 Å². The molecule has 0 spiro atoms. The van der Waals surface area contributed by atoms with Crippen LogP contribution in [0.5, 0.6) is 5.75 Å². The van der Waals surface area contributed by atoms with E-state index in [0.717, 1.165) is 11.3 Å². The first-order valence-electron chi connectivity index (χ1n) is 7.14. The average Bonchev–Trinajstić information content (AvgIpc) is 2.78. The maximum absolute atomic E-state index is 12.2. The number of carbonyl (C=O) groups is 3. The number of amides is 3. The number of anilines is 1. The quantitative estimate of drug-likeness (QED) is 0.700. The molecule has 1 aromatic carbocycles. The van der Waals surface area contributed by atoms with Crippen LogP contribution in [0.3, 0.4) is 0 Å². The van der Waals surface area contributed by atoms with Crippen LogP contribution < -0.4 is 20.7 Å². The van der Waals surface area contributed by atoms with Gasteiger partial charge in [-0.15, -0.1) is 0 Å². The van der Waals surface area contributed by atoms with Crippen molar-refractivity contribution in [3.05, 3.63) is 24.3 Å². The van der Waals surface area contributed by atoms with E-state index in [0.29, 0.717) is 18.0 Å². The highest BCUT2D eigenvalue weighted by molar-refractivity contribution is 6.22. The summed E-state index contributed by atoms with van der Waals surface area (Å²) in [7, 11) is 0. The van der Waals surface area contributed by atoms with Crippen LogP contribution in [0, 0.1) is 0 Å². The fourth-order valence-electron chi connectivity index (χ4n) is 2.20. The Labute approximate surface area is 128 Å². The van der Waals surface area contributed by atoms with E-state index < -0.39 is 11.9 Å². The van der Waals surface area contributed by atoms with E-state index in [9.17, 15) is 14.4 Å². The molecule has 1 fully saturated rings. The molecule has 1 saturated heterocycles. The smallest absolute Gasteiger partial charge is 0.251 e. The standard InChI is InChI=1S/C15H19N3O4/c1-2-7-22-11-5-3-10(4-6-11)18-14(20)8-12(15(18)21)17-9-13(16)19/h3-6,12,17H,2,7-9H2,1H3,(H2,16,19). The third-order valence-electron chi connectivity index (χ3n) is 3.24. The SMILES string of the molecule is CCCOc1ccc(N2C(=O)CC(NCC(N)=O)C2=O)cc1. The van der Waals surface area contributed by atoms with Crippen molar-refractivity contribution >= 4 is 23.4 Å². The molecule has 1 aromatic rings. The van der Waals surface area contributed by atoms with Gasteiger partial charge in [-0.1, -0.05) is 6.92 Å². The topological polar surface area (TPSA) is 102 Å². The van der Waals surface area contributed by atoms with E-state index in [4.69, 9.17) is 10.5 Å². The van der Waals surface area contributed by atoms with E-state index >= 15 is 0 Å². The van der Waals surface area contributed by atoms with Gasteiger partial charge in [-0.2, -0.15) is 0 Å². The van der Waals surface area contributed by atoms with Crippen LogP contribution in [0.25, 0.3) is 0 Å². The number of primary amides is 1. The Morgan fingerprint density at radius 1 is 1.36 bits per heavy atom. The molecular weight excluding hydrogens is 286 g/mol. The van der Waals surface area contributed by atoms with Gasteiger partial charge in [0.1, 0.15) is 5.75 Å². The number of nitrogens with zero attached hydrogens (tertiary/aromatic N) is 1. The van der Waals surface area contributed by atoms with Crippen LogP contribution in [0.1, 0.15) is 19.8 Å². The van der Waals surface area contributed by atoms with Crippen molar-refractivity contribution in [1.29, 1.82) is 0 Å². The minimum Gasteiger partial charge on any atom is -0.494 e. The molecule has 22 heavy (non-hydrogen) atoms. The largest absolute Gasteiger partial charge is 0.494 e. The Hall–Kier alpha value is -2.41. The van der Waals surface area contributed by atoms with E-state index in [-0.39, 0.29) is 24.8 Å². The van der Waals surface area contributed by atoms with Gasteiger partial charge >= 0.3 is 0 Å². The number of benzene rings is 1. The summed E-state index contributed by atoms with van der Waals surface area (Å²) < 4.78 is 5.46. The van der Waals surface area contributed by atoms with Crippen molar-refractivity contribution in [2.45, 2.75) is 25.8 Å². The van der Waals surface area contributed by atoms with Gasteiger partial charge in [0, 0.05) is 0 Å². The number of imide groups is 1. The van der Waals surface area contributed by atoms with E-state index in [2.05, 4.69) is 5.32 Å². The lowest BCUT2D eigenvalue weighted by Crippen LogP contribution is -2.42. The summed E-state index contributed by atoms with van der Waals surface area (Å²) in [6.07, 6.45) is 0.915. The van der Waals surface area contributed by atoms with Crippen molar-refractivity contribution in [3.63, 3.8) is 0 Å². The molecule has 0 saturated carbocycles. The van der Waals surface area contributed by atoms with Crippen LogP contribution in [-0.4, -0.2) is 36.9 Å². The second-order valence-corrected chi connectivity index (χ2v) is 5.01. The summed E-state index contributed by atoms with van der Waals surface area (Å²) in [5, 5.41) is 2.69. The number of nitrogens with one attached hydrogen (secondary N) is 1. The molecule has 1 aliphatic heterocycles. The molecule has 0 radical (unpaired) electrons. The number of hydrogen-bond donors (Lipinski definition) is 2. The summed E-state index contributed by atoms with van der Waals surface area (Å²) in [6, 6.07) is 6.05. The number of nitrogens with two attached hydrogens (primary N) is 1. The molecule has 1 aliphatic rings. The zero-order chi connectivity index (χ0) is 16.1. The molecule has 0 aromatic heterocycles. The van der Waals surface area contributed by atoms with Gasteiger partial charge in [-0.25, -0.2) is 4.90 Å². The van der Waals surface area contributed by atoms with Crippen LogP contribution >= 0.6 is 0 Å². The molecule has 118 valence electrons. The second-order valence-electron chi connectivity index (χ2n) is 5.01. The molecule has 1 unspecified atom stereocenters. The third kappa shape index (κ3) is 3.62. The Kier molecular flexibility index (Phi) is 5.11. The number of hydrogen-bond acceptors (Lipinski definition) is 5. The van der Waals surface area contributed by atoms with Crippen LogP contribution in [0.4, 0.5) is 5.69 Å². The zero-order valence-electron chi connectivity index (χ0n) is 12.4. The highest BCUT2D eigenvalue weighted by Crippen LogP contribution is 2.25. The average molecular weight is 305 g/mol. The first kappa shape index (κ1) is 16.0. The predicted octanol–water partition coefficient (Wildman–Crippen LogP) is 0.182. The maximum Gasteiger partial charge on any atom is 0.251 e. The monoisotopic (exact) mass is 305 g/mol. The zero-order valence-corrected chi connectivity index (χ0v) is 12.4. The van der Waals surface area contributed by atoms with Gasteiger partial charge < -0.3 is 10.5 Å². The van der Waals surface area contributed by atoms with Gasteiger partial charge in [0.15, 0.2) is 0 Å². The molecule has 3 amide bonds. The number of rotatable bonds is 7. The highest BCUT2D eigenvalue weighted by atomic mass is 16.5. The van der Waals surface area contributed by atoms with Crippen LogP contribution in [0.2, 0.25) is 0 Å². The van der Waals surface area contributed by atoms with Crippen molar-refractivity contribution in [1.82, 2.24) is 5.32 Å². The normalized spacial score (nSPS) is 17.9. The summed E-state index contributed by atoms with van der Waals surface area (Å²) in [6.45, 7) is 2.48. The van der Waals surface area contributed by atoms with Crippen molar-refractivity contribution in [3.8, 4) is 5.75 Å². The minimum absolute atomic E-state index is 0.0141. The second kappa shape index (κ2) is 7.04. The van der Waals surface area contributed by atoms with Gasteiger partial charge in [0.05, 0.1) is 31.3 Å². The molecule has 2 rings (SSSR count). The molecule has 1 heterocycles. The fraction of sp³-hybridized carbons (Fsp3) is 0.400. The highest BCUT2D eigenvalue weighted by Gasteiger charge is 2.39. The fourth-order valence-corrected chi connectivity index (χ4v) is 2.20. The van der Waals surface area contributed by atoms with E-state index in [1.54, 1.807) is 24.3 Å². The van der Waals surface area contributed by atoms with Crippen LogP contribution in [0.15, 0.2) is 24.3 Å². The van der Waals surface area contributed by atoms with Crippen molar-refractivity contribution in [2.24, 2.45) is 5.73 Å². The number of ether oxygens (including phenoxy) is 1. The summed E-state index contributed by atoms with van der Waals surface area (Å²) in [5.74, 6) is -0.577. The van der Waals surface area contributed by atoms with Gasteiger partial charge in [0.2, 0.25) is 11.8 Å².